The van der Waals surface area contributed by atoms with Crippen LogP contribution >= 0.6 is 24.8 Å². The van der Waals surface area contributed by atoms with Crippen LogP contribution in [0, 0.1) is 0 Å². The minimum absolute atomic E-state index is 0.381. The Balaban J connectivity index is 2.81. The van der Waals surface area contributed by atoms with E-state index in [-0.39, 0.29) is 0 Å². The van der Waals surface area contributed by atoms with Gasteiger partial charge in [0.2, 0.25) is 5.91 Å². The summed E-state index contributed by atoms with van der Waals surface area (Å²) in [4.78, 5) is 10.7. The molecule has 0 spiro atoms. The van der Waals surface area contributed by atoms with E-state index in [0.717, 1.165) is 5.69 Å². The topological polar surface area (TPSA) is 55.1 Å². The number of anilines is 1. The lowest BCUT2D eigenvalue weighted by Crippen LogP contribution is -2.10. The Bertz CT molecular complexity index is 335. The molecule has 1 aromatic rings. The van der Waals surface area contributed by atoms with Crippen LogP contribution in [0.4, 0.5) is 5.69 Å². The van der Waals surface area contributed by atoms with Gasteiger partial charge in [-0.25, -0.2) is 0 Å². The van der Waals surface area contributed by atoms with Gasteiger partial charge in [0.05, 0.1) is 0 Å². The largest absolute Gasteiger partial charge is 0.366 e. The van der Waals surface area contributed by atoms with E-state index in [0.29, 0.717) is 9.88 Å². The second-order valence-corrected chi connectivity index (χ2v) is 3.53. The van der Waals surface area contributed by atoms with E-state index in [4.69, 9.17) is 18.0 Å². The second kappa shape index (κ2) is 4.25. The number of amides is 1. The van der Waals surface area contributed by atoms with Crippen LogP contribution in [0.25, 0.3) is 0 Å². The Hall–Kier alpha value is -1.07. The van der Waals surface area contributed by atoms with Crippen molar-refractivity contribution >= 4 is 40.8 Å². The molecule has 0 unspecified atom stereocenters. The molecule has 0 aromatic heterocycles. The van der Waals surface area contributed by atoms with Gasteiger partial charge >= 0.3 is 0 Å². The van der Waals surface area contributed by atoms with Crippen molar-refractivity contribution in [2.75, 3.05) is 5.32 Å². The summed E-state index contributed by atoms with van der Waals surface area (Å²) >= 11 is 8.63. The number of hydrogen-bond acceptors (Lipinski definition) is 2. The van der Waals surface area contributed by atoms with Crippen LogP contribution in [0.1, 0.15) is 10.4 Å². The summed E-state index contributed by atoms with van der Waals surface area (Å²) in [5, 5.41) is 2.81. The molecule has 1 amide bonds. The van der Waals surface area contributed by atoms with Gasteiger partial charge in [-0.3, -0.25) is 4.79 Å². The molecule has 0 heterocycles. The number of thiocarbonyl (C=S) groups is 1. The Morgan fingerprint density at radius 1 is 1.38 bits per heavy atom. The molecule has 0 radical (unpaired) electrons. The van der Waals surface area contributed by atoms with Gasteiger partial charge in [-0.15, -0.1) is 12.6 Å². The van der Waals surface area contributed by atoms with Crippen molar-refractivity contribution in [3.63, 3.8) is 0 Å². The number of rotatable bonds is 2. The molecule has 68 valence electrons. The monoisotopic (exact) mass is 212 g/mol. The predicted molar refractivity (Wildman–Crippen MR) is 60.2 cm³/mol. The Morgan fingerprint density at radius 3 is 2.31 bits per heavy atom. The molecule has 0 saturated carbocycles. The van der Waals surface area contributed by atoms with Gasteiger partial charge in [-0.1, -0.05) is 12.2 Å². The molecule has 5 heteroatoms. The SMILES string of the molecule is NC(=O)c1ccc(NC(=S)S)cc1. The first-order valence-corrected chi connectivity index (χ1v) is 4.35. The molecule has 3 N–H and O–H groups in total. The number of nitrogens with two attached hydrogens (primary N) is 1. The van der Waals surface area contributed by atoms with Crippen molar-refractivity contribution in [1.82, 2.24) is 0 Å². The summed E-state index contributed by atoms with van der Waals surface area (Å²) in [6, 6.07) is 6.67. The number of nitrogens with one attached hydrogen (secondary N) is 1. The molecule has 0 aliphatic carbocycles. The second-order valence-electron chi connectivity index (χ2n) is 2.37. The van der Waals surface area contributed by atoms with Crippen LogP contribution in [0.2, 0.25) is 0 Å². The van der Waals surface area contributed by atoms with E-state index in [9.17, 15) is 4.79 Å². The molecule has 1 rings (SSSR count). The van der Waals surface area contributed by atoms with Gasteiger partial charge in [0.15, 0.2) is 0 Å². The predicted octanol–water partition coefficient (Wildman–Crippen LogP) is 1.41. The van der Waals surface area contributed by atoms with Crippen LogP contribution in [-0.4, -0.2) is 10.2 Å². The number of carbonyl (C=O) groups is 1. The third-order valence-electron chi connectivity index (χ3n) is 1.42. The fraction of sp³-hybridized carbons (Fsp3) is 0. The summed E-state index contributed by atoms with van der Waals surface area (Å²) in [5.74, 6) is -0.444. The third kappa shape index (κ3) is 3.04. The lowest BCUT2D eigenvalue weighted by Gasteiger charge is -2.02. The first kappa shape index (κ1) is 10.0. The molecule has 0 atom stereocenters. The first-order valence-electron chi connectivity index (χ1n) is 3.49. The summed E-state index contributed by atoms with van der Waals surface area (Å²) in [6.45, 7) is 0. The fourth-order valence-electron chi connectivity index (χ4n) is 0.841. The molecule has 0 aliphatic rings. The van der Waals surface area contributed by atoms with Crippen LogP contribution in [0.3, 0.4) is 0 Å². The number of carbonyl (C=O) groups excluding carboxylic acids is 1. The van der Waals surface area contributed by atoms with Crippen molar-refractivity contribution < 1.29 is 4.79 Å². The van der Waals surface area contributed by atoms with E-state index < -0.39 is 5.91 Å². The quantitative estimate of drug-likeness (QED) is 0.513. The molecular formula is C8H8N2OS2. The smallest absolute Gasteiger partial charge is 0.248 e. The zero-order valence-corrected chi connectivity index (χ0v) is 8.36. The number of thiol groups is 1. The first-order chi connectivity index (χ1) is 6.09. The molecule has 0 bridgehead atoms. The lowest BCUT2D eigenvalue weighted by molar-refractivity contribution is 0.100. The van der Waals surface area contributed by atoms with E-state index in [1.165, 1.54) is 0 Å². The minimum Gasteiger partial charge on any atom is -0.366 e. The van der Waals surface area contributed by atoms with Crippen molar-refractivity contribution in [3.8, 4) is 0 Å². The average molecular weight is 212 g/mol. The van der Waals surface area contributed by atoms with Crippen LogP contribution in [-0.2, 0) is 0 Å². The standard InChI is InChI=1S/C8H8N2OS2/c9-7(11)5-1-3-6(4-2-5)10-8(12)13/h1-4H,(H2,9,11)(H2,10,12,13). The minimum atomic E-state index is -0.444. The van der Waals surface area contributed by atoms with Crippen LogP contribution in [0.5, 0.6) is 0 Å². The Kier molecular flexibility index (Phi) is 3.27. The van der Waals surface area contributed by atoms with E-state index in [2.05, 4.69) is 17.9 Å². The molecule has 3 nitrogen and oxygen atoms in total. The van der Waals surface area contributed by atoms with Crippen molar-refractivity contribution in [2.45, 2.75) is 0 Å². The van der Waals surface area contributed by atoms with E-state index in [1.807, 2.05) is 0 Å². The third-order valence-corrected chi connectivity index (χ3v) is 1.63. The van der Waals surface area contributed by atoms with E-state index in [1.54, 1.807) is 24.3 Å². The maximum absolute atomic E-state index is 10.7. The Morgan fingerprint density at radius 2 is 1.92 bits per heavy atom. The van der Waals surface area contributed by atoms with Crippen LogP contribution in [0.15, 0.2) is 24.3 Å². The molecule has 0 aliphatic heterocycles. The fourth-order valence-corrected chi connectivity index (χ4v) is 1.09. The zero-order chi connectivity index (χ0) is 9.84. The maximum atomic E-state index is 10.7. The summed E-state index contributed by atoms with van der Waals surface area (Å²) in [7, 11) is 0. The highest BCUT2D eigenvalue weighted by Crippen LogP contribution is 2.09. The van der Waals surface area contributed by atoms with Gasteiger partial charge in [-0.05, 0) is 24.3 Å². The molecular weight excluding hydrogens is 204 g/mol. The summed E-state index contributed by atoms with van der Waals surface area (Å²) in [5.41, 5.74) is 6.32. The van der Waals surface area contributed by atoms with Gasteiger partial charge in [-0.2, -0.15) is 0 Å². The van der Waals surface area contributed by atoms with E-state index >= 15 is 0 Å². The number of primary amides is 1. The lowest BCUT2D eigenvalue weighted by atomic mass is 10.2. The molecule has 13 heavy (non-hydrogen) atoms. The highest BCUT2D eigenvalue weighted by atomic mass is 32.1. The van der Waals surface area contributed by atoms with Crippen molar-refractivity contribution in [3.05, 3.63) is 29.8 Å². The summed E-state index contributed by atoms with van der Waals surface area (Å²) in [6.07, 6.45) is 0. The number of benzene rings is 1. The Labute approximate surface area is 86.7 Å². The number of hydrogen-bond donors (Lipinski definition) is 3. The zero-order valence-electron chi connectivity index (χ0n) is 6.65. The van der Waals surface area contributed by atoms with Crippen molar-refractivity contribution in [2.24, 2.45) is 5.73 Å². The normalized spacial score (nSPS) is 9.31. The highest BCUT2D eigenvalue weighted by molar-refractivity contribution is 8.11. The molecule has 0 saturated heterocycles. The van der Waals surface area contributed by atoms with Gasteiger partial charge in [0.1, 0.15) is 4.32 Å². The summed E-state index contributed by atoms with van der Waals surface area (Å²) < 4.78 is 0.381. The highest BCUT2D eigenvalue weighted by Gasteiger charge is 1.99. The molecule has 1 aromatic carbocycles. The average Bonchev–Trinajstić information content (AvgIpc) is 2.04. The van der Waals surface area contributed by atoms with Gasteiger partial charge in [0, 0.05) is 11.3 Å². The van der Waals surface area contributed by atoms with Crippen molar-refractivity contribution in [1.29, 1.82) is 0 Å². The van der Waals surface area contributed by atoms with Gasteiger partial charge < -0.3 is 11.1 Å². The van der Waals surface area contributed by atoms with Crippen LogP contribution < -0.4 is 11.1 Å². The maximum Gasteiger partial charge on any atom is 0.248 e. The molecule has 0 fully saturated rings. The van der Waals surface area contributed by atoms with Gasteiger partial charge in [0.25, 0.3) is 0 Å².